The highest BCUT2D eigenvalue weighted by Crippen LogP contribution is 2.23. The summed E-state index contributed by atoms with van der Waals surface area (Å²) in [6.45, 7) is 6.65. The van der Waals surface area contributed by atoms with E-state index in [2.05, 4.69) is 11.9 Å². The fraction of sp³-hybridized carbons (Fsp3) is 0.636. The van der Waals surface area contributed by atoms with Crippen molar-refractivity contribution in [1.82, 2.24) is 10.2 Å². The van der Waals surface area contributed by atoms with E-state index in [0.29, 0.717) is 13.1 Å². The first-order valence-electron chi connectivity index (χ1n) is 5.41. The Morgan fingerprint density at radius 3 is 2.88 bits per heavy atom. The van der Waals surface area contributed by atoms with Crippen LogP contribution < -0.4 is 5.32 Å². The van der Waals surface area contributed by atoms with Crippen molar-refractivity contribution in [3.8, 4) is 0 Å². The highest BCUT2D eigenvalue weighted by Gasteiger charge is 2.38. The Morgan fingerprint density at radius 1 is 1.62 bits per heavy atom. The summed E-state index contributed by atoms with van der Waals surface area (Å²) in [6.07, 6.45) is 2.42. The van der Waals surface area contributed by atoms with Crippen LogP contribution in [0.1, 0.15) is 13.3 Å². The van der Waals surface area contributed by atoms with Crippen molar-refractivity contribution >= 4 is 11.9 Å². The molecule has 0 aromatic carbocycles. The molecule has 5 nitrogen and oxygen atoms in total. The van der Waals surface area contributed by atoms with Gasteiger partial charge in [-0.15, -0.1) is 6.58 Å². The number of carbonyl (C=O) groups is 2. The van der Waals surface area contributed by atoms with E-state index >= 15 is 0 Å². The lowest BCUT2D eigenvalue weighted by atomic mass is 10.0. The third-order valence-corrected chi connectivity index (χ3v) is 2.84. The van der Waals surface area contributed by atoms with Crippen LogP contribution in [0.25, 0.3) is 0 Å². The number of aliphatic carboxylic acids is 1. The van der Waals surface area contributed by atoms with E-state index in [0.717, 1.165) is 6.42 Å². The molecular formula is C11H18N2O3. The number of hydrogen-bond donors (Lipinski definition) is 2. The number of carbonyl (C=O) groups excluding carboxylic acids is 1. The number of likely N-dealkylation sites (tertiary alicyclic amines) is 1. The summed E-state index contributed by atoms with van der Waals surface area (Å²) in [7, 11) is 0. The van der Waals surface area contributed by atoms with Gasteiger partial charge in [0.05, 0.1) is 6.54 Å². The maximum atomic E-state index is 11.7. The number of hydrogen-bond acceptors (Lipinski definition) is 3. The van der Waals surface area contributed by atoms with E-state index in [1.807, 2.05) is 6.92 Å². The Bertz CT molecular complexity index is 291. The van der Waals surface area contributed by atoms with Crippen molar-refractivity contribution in [1.29, 1.82) is 0 Å². The van der Waals surface area contributed by atoms with E-state index in [-0.39, 0.29) is 18.4 Å². The number of nitrogens with one attached hydrogen (secondary N) is 1. The lowest BCUT2D eigenvalue weighted by molar-refractivity contribution is -0.149. The van der Waals surface area contributed by atoms with Crippen LogP contribution in [0.5, 0.6) is 0 Å². The topological polar surface area (TPSA) is 69.6 Å². The van der Waals surface area contributed by atoms with Crippen LogP contribution in [0, 0.1) is 5.92 Å². The van der Waals surface area contributed by atoms with E-state index in [1.54, 1.807) is 6.08 Å². The lowest BCUT2D eigenvalue weighted by Gasteiger charge is -2.23. The van der Waals surface area contributed by atoms with E-state index in [4.69, 9.17) is 5.11 Å². The molecule has 0 spiro atoms. The highest BCUT2D eigenvalue weighted by atomic mass is 16.4. The molecule has 2 N–H and O–H groups in total. The molecule has 1 aliphatic heterocycles. The first kappa shape index (κ1) is 12.7. The summed E-state index contributed by atoms with van der Waals surface area (Å²) in [4.78, 5) is 24.2. The summed E-state index contributed by atoms with van der Waals surface area (Å²) >= 11 is 0. The van der Waals surface area contributed by atoms with Crippen molar-refractivity contribution < 1.29 is 14.7 Å². The number of nitrogens with zero attached hydrogens (tertiary/aromatic N) is 1. The molecule has 0 bridgehead atoms. The van der Waals surface area contributed by atoms with Gasteiger partial charge in [0.1, 0.15) is 6.04 Å². The van der Waals surface area contributed by atoms with Crippen LogP contribution in [0.3, 0.4) is 0 Å². The molecule has 1 heterocycles. The monoisotopic (exact) mass is 226 g/mol. The Balaban J connectivity index is 2.54. The molecule has 1 saturated heterocycles. The molecule has 2 atom stereocenters. The normalized spacial score (nSPS) is 24.4. The quantitative estimate of drug-likeness (QED) is 0.514. The number of rotatable bonds is 5. The standard InChI is InChI=1S/C11H18N2O3/c1-3-5-12-7-9(14)13-6-4-8(2)10(13)11(15)16/h3,8,10,12H,1,4-7H2,2H3,(H,15,16). The lowest BCUT2D eigenvalue weighted by Crippen LogP contribution is -2.46. The van der Waals surface area contributed by atoms with Gasteiger partial charge in [0.25, 0.3) is 0 Å². The SMILES string of the molecule is C=CCNCC(=O)N1CCC(C)C1C(=O)O. The second kappa shape index (κ2) is 5.65. The first-order chi connectivity index (χ1) is 7.57. The van der Waals surface area contributed by atoms with Crippen LogP contribution >= 0.6 is 0 Å². The Hall–Kier alpha value is -1.36. The maximum Gasteiger partial charge on any atom is 0.326 e. The minimum Gasteiger partial charge on any atom is -0.480 e. The smallest absolute Gasteiger partial charge is 0.326 e. The summed E-state index contributed by atoms with van der Waals surface area (Å²) in [5, 5.41) is 11.9. The van der Waals surface area contributed by atoms with Crippen LogP contribution in [-0.2, 0) is 9.59 Å². The van der Waals surface area contributed by atoms with Crippen molar-refractivity contribution in [2.45, 2.75) is 19.4 Å². The molecule has 1 fully saturated rings. The van der Waals surface area contributed by atoms with Gasteiger partial charge < -0.3 is 15.3 Å². The van der Waals surface area contributed by atoms with Gasteiger partial charge in [0.2, 0.25) is 5.91 Å². The Morgan fingerprint density at radius 2 is 2.31 bits per heavy atom. The fourth-order valence-electron chi connectivity index (χ4n) is 1.99. The molecule has 90 valence electrons. The second-order valence-corrected chi connectivity index (χ2v) is 4.06. The molecule has 0 aliphatic carbocycles. The summed E-state index contributed by atoms with van der Waals surface area (Å²) in [5.74, 6) is -1.04. The zero-order chi connectivity index (χ0) is 12.1. The van der Waals surface area contributed by atoms with Gasteiger partial charge >= 0.3 is 5.97 Å². The molecule has 0 saturated carbocycles. The van der Waals surface area contributed by atoms with E-state index in [1.165, 1.54) is 4.90 Å². The van der Waals surface area contributed by atoms with Crippen LogP contribution in [-0.4, -0.2) is 47.6 Å². The fourth-order valence-corrected chi connectivity index (χ4v) is 1.99. The molecule has 1 rings (SSSR count). The average molecular weight is 226 g/mol. The van der Waals surface area contributed by atoms with Crippen LogP contribution in [0.4, 0.5) is 0 Å². The van der Waals surface area contributed by atoms with Crippen molar-refractivity contribution in [3.63, 3.8) is 0 Å². The van der Waals surface area contributed by atoms with Crippen LogP contribution in [0.15, 0.2) is 12.7 Å². The number of carboxylic acids is 1. The third kappa shape index (κ3) is 2.82. The zero-order valence-corrected chi connectivity index (χ0v) is 9.48. The molecule has 0 radical (unpaired) electrons. The zero-order valence-electron chi connectivity index (χ0n) is 9.48. The van der Waals surface area contributed by atoms with Crippen molar-refractivity contribution in [3.05, 3.63) is 12.7 Å². The van der Waals surface area contributed by atoms with E-state index in [9.17, 15) is 9.59 Å². The third-order valence-electron chi connectivity index (χ3n) is 2.84. The van der Waals surface area contributed by atoms with Gasteiger partial charge in [-0.1, -0.05) is 13.0 Å². The van der Waals surface area contributed by atoms with Crippen molar-refractivity contribution in [2.75, 3.05) is 19.6 Å². The van der Waals surface area contributed by atoms with Gasteiger partial charge in [0.15, 0.2) is 0 Å². The number of carboxylic acid groups (broad SMARTS) is 1. The summed E-state index contributed by atoms with van der Waals surface area (Å²) < 4.78 is 0. The van der Waals surface area contributed by atoms with E-state index < -0.39 is 12.0 Å². The Kier molecular flexibility index (Phi) is 4.49. The minimum absolute atomic E-state index is 0.0286. The second-order valence-electron chi connectivity index (χ2n) is 4.06. The van der Waals surface area contributed by atoms with Crippen molar-refractivity contribution in [2.24, 2.45) is 5.92 Å². The molecule has 5 heteroatoms. The molecule has 1 amide bonds. The molecule has 16 heavy (non-hydrogen) atoms. The predicted octanol–water partition coefficient (Wildman–Crippen LogP) is 0.0836. The molecule has 1 aliphatic rings. The van der Waals surface area contributed by atoms with Gasteiger partial charge in [-0.25, -0.2) is 4.79 Å². The van der Waals surface area contributed by atoms with Gasteiger partial charge in [-0.05, 0) is 12.3 Å². The average Bonchev–Trinajstić information content (AvgIpc) is 2.60. The minimum atomic E-state index is -0.915. The molecule has 2 unspecified atom stereocenters. The first-order valence-corrected chi connectivity index (χ1v) is 5.41. The molecular weight excluding hydrogens is 208 g/mol. The summed E-state index contributed by atoms with van der Waals surface area (Å²) in [6, 6.07) is -0.668. The molecule has 0 aromatic rings. The summed E-state index contributed by atoms with van der Waals surface area (Å²) in [5.41, 5.74) is 0. The van der Waals surface area contributed by atoms with Crippen LogP contribution in [0.2, 0.25) is 0 Å². The predicted molar refractivity (Wildman–Crippen MR) is 60.0 cm³/mol. The highest BCUT2D eigenvalue weighted by molar-refractivity contribution is 5.85. The largest absolute Gasteiger partial charge is 0.480 e. The molecule has 0 aromatic heterocycles. The van der Waals surface area contributed by atoms with Gasteiger partial charge in [-0.2, -0.15) is 0 Å². The van der Waals surface area contributed by atoms with Gasteiger partial charge in [0, 0.05) is 13.1 Å². The Labute approximate surface area is 95.1 Å². The van der Waals surface area contributed by atoms with Gasteiger partial charge in [-0.3, -0.25) is 4.79 Å². The number of amides is 1. The maximum absolute atomic E-state index is 11.7.